The lowest BCUT2D eigenvalue weighted by Crippen LogP contribution is -2.28. The van der Waals surface area contributed by atoms with Gasteiger partial charge in [0.2, 0.25) is 0 Å². The summed E-state index contributed by atoms with van der Waals surface area (Å²) in [6.45, 7) is 7.96. The Morgan fingerprint density at radius 1 is 1.35 bits per heavy atom. The van der Waals surface area contributed by atoms with Crippen LogP contribution in [-0.2, 0) is 0 Å². The van der Waals surface area contributed by atoms with Crippen LogP contribution in [0.1, 0.15) is 45.2 Å². The van der Waals surface area contributed by atoms with Crippen LogP contribution >= 0.6 is 0 Å². The zero-order chi connectivity index (χ0) is 12.4. The van der Waals surface area contributed by atoms with Gasteiger partial charge in [0.1, 0.15) is 0 Å². The molecule has 0 aromatic heterocycles. The molecule has 2 nitrogen and oxygen atoms in total. The fraction of sp³-hybridized carbons (Fsp3) is 0.600. The highest BCUT2D eigenvalue weighted by atomic mass is 15.2. The van der Waals surface area contributed by atoms with Crippen LogP contribution in [-0.4, -0.2) is 12.6 Å². The van der Waals surface area contributed by atoms with Gasteiger partial charge in [-0.15, -0.1) is 0 Å². The van der Waals surface area contributed by atoms with Crippen molar-refractivity contribution in [1.29, 1.82) is 0 Å². The minimum Gasteiger partial charge on any atom is -0.368 e. The average Bonchev–Trinajstić information content (AvgIpc) is 2.67. The third-order valence-electron chi connectivity index (χ3n) is 3.87. The Hall–Kier alpha value is -1.02. The van der Waals surface area contributed by atoms with Crippen LogP contribution in [0.25, 0.3) is 0 Å². The molecular weight excluding hydrogens is 208 g/mol. The molecular formula is C15H24N2. The quantitative estimate of drug-likeness (QED) is 0.866. The van der Waals surface area contributed by atoms with Gasteiger partial charge in [0, 0.05) is 24.3 Å². The van der Waals surface area contributed by atoms with Crippen LogP contribution in [0.3, 0.4) is 0 Å². The molecule has 1 heterocycles. The van der Waals surface area contributed by atoms with Crippen LogP contribution in [0.4, 0.5) is 5.69 Å². The summed E-state index contributed by atoms with van der Waals surface area (Å²) in [4.78, 5) is 2.52. The van der Waals surface area contributed by atoms with Crippen LogP contribution in [0.2, 0.25) is 0 Å². The monoisotopic (exact) mass is 232 g/mol. The third-order valence-corrected chi connectivity index (χ3v) is 3.87. The molecule has 0 bridgehead atoms. The Balaban J connectivity index is 2.31. The summed E-state index contributed by atoms with van der Waals surface area (Å²) in [7, 11) is 0. The topological polar surface area (TPSA) is 29.3 Å². The summed E-state index contributed by atoms with van der Waals surface area (Å²) in [6, 6.07) is 9.41. The van der Waals surface area contributed by atoms with Gasteiger partial charge in [0.15, 0.2) is 0 Å². The standard InChI is InChI=1S/C15H24N2/c1-4-14(16)13-7-5-6-8-15(13)17-10-11(2)9-12(17)3/h5-8,11-12,14H,4,9-10,16H2,1-3H3/t11?,12?,14-/m1/s1. The van der Waals surface area contributed by atoms with Crippen molar-refractivity contribution in [3.05, 3.63) is 29.8 Å². The molecule has 0 saturated carbocycles. The van der Waals surface area contributed by atoms with Gasteiger partial charge in [-0.3, -0.25) is 0 Å². The molecule has 2 rings (SSSR count). The lowest BCUT2D eigenvalue weighted by Gasteiger charge is -2.28. The van der Waals surface area contributed by atoms with Crippen molar-refractivity contribution in [3.8, 4) is 0 Å². The molecule has 0 amide bonds. The molecule has 0 radical (unpaired) electrons. The second-order valence-electron chi connectivity index (χ2n) is 5.42. The number of rotatable bonds is 3. The molecule has 1 saturated heterocycles. The third kappa shape index (κ3) is 2.47. The number of nitrogens with two attached hydrogens (primary N) is 1. The zero-order valence-electron chi connectivity index (χ0n) is 11.2. The maximum absolute atomic E-state index is 6.22. The molecule has 2 heteroatoms. The number of hydrogen-bond donors (Lipinski definition) is 1. The van der Waals surface area contributed by atoms with Gasteiger partial charge in [-0.2, -0.15) is 0 Å². The molecule has 0 aliphatic carbocycles. The summed E-state index contributed by atoms with van der Waals surface area (Å²) >= 11 is 0. The van der Waals surface area contributed by atoms with Gasteiger partial charge in [0.05, 0.1) is 0 Å². The SMILES string of the molecule is CC[C@@H](N)c1ccccc1N1CC(C)CC1C. The smallest absolute Gasteiger partial charge is 0.0417 e. The Labute approximate surface area is 105 Å². The Bertz CT molecular complexity index is 375. The molecule has 1 aliphatic rings. The number of para-hydroxylation sites is 1. The highest BCUT2D eigenvalue weighted by Crippen LogP contribution is 2.33. The predicted octanol–water partition coefficient (Wildman–Crippen LogP) is 3.33. The molecule has 1 aromatic carbocycles. The first-order valence-corrected chi connectivity index (χ1v) is 6.74. The first kappa shape index (κ1) is 12.4. The van der Waals surface area contributed by atoms with E-state index in [4.69, 9.17) is 5.73 Å². The zero-order valence-corrected chi connectivity index (χ0v) is 11.2. The van der Waals surface area contributed by atoms with E-state index >= 15 is 0 Å². The maximum Gasteiger partial charge on any atom is 0.0417 e. The number of hydrogen-bond acceptors (Lipinski definition) is 2. The maximum atomic E-state index is 6.22. The van der Waals surface area contributed by atoms with Crippen molar-refractivity contribution in [2.24, 2.45) is 11.7 Å². The lowest BCUT2D eigenvalue weighted by atomic mass is 10.0. The van der Waals surface area contributed by atoms with Gasteiger partial charge >= 0.3 is 0 Å². The average molecular weight is 232 g/mol. The molecule has 1 aromatic rings. The van der Waals surface area contributed by atoms with E-state index in [1.165, 1.54) is 17.7 Å². The van der Waals surface area contributed by atoms with Crippen LogP contribution < -0.4 is 10.6 Å². The van der Waals surface area contributed by atoms with E-state index in [-0.39, 0.29) is 6.04 Å². The molecule has 1 aliphatic heterocycles. The van der Waals surface area contributed by atoms with E-state index in [0.29, 0.717) is 6.04 Å². The summed E-state index contributed by atoms with van der Waals surface area (Å²) in [6.07, 6.45) is 2.28. The van der Waals surface area contributed by atoms with Crippen molar-refractivity contribution >= 4 is 5.69 Å². The summed E-state index contributed by atoms with van der Waals surface area (Å²) in [5.74, 6) is 0.788. The van der Waals surface area contributed by atoms with Crippen molar-refractivity contribution in [1.82, 2.24) is 0 Å². The van der Waals surface area contributed by atoms with E-state index in [1.807, 2.05) is 0 Å². The van der Waals surface area contributed by atoms with Crippen molar-refractivity contribution in [2.75, 3.05) is 11.4 Å². The second kappa shape index (κ2) is 5.09. The van der Waals surface area contributed by atoms with Crippen molar-refractivity contribution in [2.45, 2.75) is 45.7 Å². The fourth-order valence-electron chi connectivity index (χ4n) is 2.92. The first-order chi connectivity index (χ1) is 8.13. The first-order valence-electron chi connectivity index (χ1n) is 6.74. The number of benzene rings is 1. The van der Waals surface area contributed by atoms with E-state index in [9.17, 15) is 0 Å². The summed E-state index contributed by atoms with van der Waals surface area (Å²) < 4.78 is 0. The summed E-state index contributed by atoms with van der Waals surface area (Å²) in [5, 5.41) is 0. The van der Waals surface area contributed by atoms with E-state index in [0.717, 1.165) is 18.9 Å². The van der Waals surface area contributed by atoms with E-state index in [2.05, 4.69) is 49.9 Å². The molecule has 17 heavy (non-hydrogen) atoms. The van der Waals surface area contributed by atoms with Crippen molar-refractivity contribution in [3.63, 3.8) is 0 Å². The number of anilines is 1. The minimum atomic E-state index is 0.161. The number of nitrogens with zero attached hydrogens (tertiary/aromatic N) is 1. The molecule has 3 atom stereocenters. The van der Waals surface area contributed by atoms with Crippen LogP contribution in [0.15, 0.2) is 24.3 Å². The van der Waals surface area contributed by atoms with Gasteiger partial charge in [0.25, 0.3) is 0 Å². The largest absolute Gasteiger partial charge is 0.368 e. The molecule has 2 unspecified atom stereocenters. The van der Waals surface area contributed by atoms with Gasteiger partial charge in [-0.05, 0) is 37.3 Å². The highest BCUT2D eigenvalue weighted by Gasteiger charge is 2.28. The van der Waals surface area contributed by atoms with E-state index < -0.39 is 0 Å². The fourth-order valence-corrected chi connectivity index (χ4v) is 2.92. The minimum absolute atomic E-state index is 0.161. The van der Waals surface area contributed by atoms with E-state index in [1.54, 1.807) is 0 Å². The predicted molar refractivity (Wildman–Crippen MR) is 74.3 cm³/mol. The summed E-state index contributed by atoms with van der Waals surface area (Å²) in [5.41, 5.74) is 8.86. The molecule has 94 valence electrons. The highest BCUT2D eigenvalue weighted by molar-refractivity contribution is 5.56. The van der Waals surface area contributed by atoms with Gasteiger partial charge in [-0.25, -0.2) is 0 Å². The molecule has 2 N–H and O–H groups in total. The van der Waals surface area contributed by atoms with Gasteiger partial charge < -0.3 is 10.6 Å². The van der Waals surface area contributed by atoms with Crippen LogP contribution in [0.5, 0.6) is 0 Å². The van der Waals surface area contributed by atoms with Crippen molar-refractivity contribution < 1.29 is 0 Å². The Morgan fingerprint density at radius 3 is 2.65 bits per heavy atom. The van der Waals surface area contributed by atoms with Crippen LogP contribution in [0, 0.1) is 5.92 Å². The molecule has 1 fully saturated rings. The lowest BCUT2D eigenvalue weighted by molar-refractivity contribution is 0.625. The normalized spacial score (nSPS) is 26.2. The second-order valence-corrected chi connectivity index (χ2v) is 5.42. The Morgan fingerprint density at radius 2 is 2.06 bits per heavy atom. The Kier molecular flexibility index (Phi) is 3.72. The molecule has 0 spiro atoms. The van der Waals surface area contributed by atoms with Gasteiger partial charge in [-0.1, -0.05) is 32.0 Å².